The van der Waals surface area contributed by atoms with E-state index in [-0.39, 0.29) is 0 Å². The maximum Gasteiger partial charge on any atom is 0.177 e. The molecular formula is C10H16N2S. The van der Waals surface area contributed by atoms with E-state index < -0.39 is 0 Å². The van der Waals surface area contributed by atoms with E-state index in [0.29, 0.717) is 6.04 Å². The molecule has 0 radical (unpaired) electrons. The van der Waals surface area contributed by atoms with Crippen molar-refractivity contribution in [3.63, 3.8) is 0 Å². The smallest absolute Gasteiger partial charge is 0.177 e. The molecule has 2 unspecified atom stereocenters. The number of nitrogens with one attached hydrogen (secondary N) is 1. The van der Waals surface area contributed by atoms with Crippen LogP contribution in [0.15, 0.2) is 6.20 Å². The highest BCUT2D eigenvalue weighted by molar-refractivity contribution is 7.71. The van der Waals surface area contributed by atoms with Gasteiger partial charge in [-0.2, -0.15) is 0 Å². The van der Waals surface area contributed by atoms with Crippen LogP contribution in [-0.4, -0.2) is 9.55 Å². The Labute approximate surface area is 84.0 Å². The Kier molecular flexibility index (Phi) is 2.28. The Morgan fingerprint density at radius 1 is 1.69 bits per heavy atom. The topological polar surface area (TPSA) is 20.7 Å². The van der Waals surface area contributed by atoms with Crippen molar-refractivity contribution in [2.24, 2.45) is 5.92 Å². The second-order valence-corrected chi connectivity index (χ2v) is 4.37. The highest BCUT2D eigenvalue weighted by Gasteiger charge is 2.35. The van der Waals surface area contributed by atoms with Gasteiger partial charge in [-0.25, -0.2) is 0 Å². The fourth-order valence-electron chi connectivity index (χ4n) is 1.89. The normalized spacial score (nSPS) is 26.3. The van der Waals surface area contributed by atoms with Gasteiger partial charge in [0, 0.05) is 17.9 Å². The van der Waals surface area contributed by atoms with Gasteiger partial charge in [0.25, 0.3) is 0 Å². The van der Waals surface area contributed by atoms with Gasteiger partial charge in [-0.15, -0.1) is 0 Å². The van der Waals surface area contributed by atoms with E-state index in [2.05, 4.69) is 29.6 Å². The monoisotopic (exact) mass is 196 g/mol. The molecule has 72 valence electrons. The first-order valence-corrected chi connectivity index (χ1v) is 5.43. The molecule has 1 saturated carbocycles. The van der Waals surface area contributed by atoms with Crippen LogP contribution in [0.25, 0.3) is 0 Å². The molecule has 0 amide bonds. The lowest BCUT2D eigenvalue weighted by atomic mass is 10.2. The van der Waals surface area contributed by atoms with Gasteiger partial charge in [-0.3, -0.25) is 0 Å². The zero-order chi connectivity index (χ0) is 9.42. The summed E-state index contributed by atoms with van der Waals surface area (Å²) in [6.45, 7) is 4.49. The number of hydrogen-bond acceptors (Lipinski definition) is 1. The van der Waals surface area contributed by atoms with E-state index in [1.165, 1.54) is 18.5 Å². The van der Waals surface area contributed by atoms with Crippen LogP contribution in [0.2, 0.25) is 0 Å². The van der Waals surface area contributed by atoms with E-state index in [1.54, 1.807) is 0 Å². The quantitative estimate of drug-likeness (QED) is 0.737. The van der Waals surface area contributed by atoms with Crippen molar-refractivity contribution < 1.29 is 0 Å². The largest absolute Gasteiger partial charge is 0.337 e. The minimum absolute atomic E-state index is 0.681. The second kappa shape index (κ2) is 3.29. The van der Waals surface area contributed by atoms with Crippen LogP contribution < -0.4 is 0 Å². The number of hydrogen-bond donors (Lipinski definition) is 1. The van der Waals surface area contributed by atoms with Gasteiger partial charge >= 0.3 is 0 Å². The molecule has 2 atom stereocenters. The van der Waals surface area contributed by atoms with E-state index in [4.69, 9.17) is 12.2 Å². The van der Waals surface area contributed by atoms with Crippen LogP contribution in [0.5, 0.6) is 0 Å². The number of nitrogens with zero attached hydrogens (tertiary/aromatic N) is 1. The summed E-state index contributed by atoms with van der Waals surface area (Å²) in [5.41, 5.74) is 1.38. The molecule has 1 fully saturated rings. The van der Waals surface area contributed by atoms with Crippen LogP contribution >= 0.6 is 12.2 Å². The third kappa shape index (κ3) is 1.57. The summed E-state index contributed by atoms with van der Waals surface area (Å²) in [5.74, 6) is 0.818. The molecule has 1 aromatic rings. The van der Waals surface area contributed by atoms with Crippen LogP contribution in [0, 0.1) is 10.7 Å². The van der Waals surface area contributed by atoms with Crippen molar-refractivity contribution >= 4 is 12.2 Å². The van der Waals surface area contributed by atoms with Gasteiger partial charge in [0.1, 0.15) is 0 Å². The molecule has 13 heavy (non-hydrogen) atoms. The van der Waals surface area contributed by atoms with Gasteiger partial charge in [0.2, 0.25) is 0 Å². The van der Waals surface area contributed by atoms with Gasteiger partial charge in [0.15, 0.2) is 4.77 Å². The van der Waals surface area contributed by atoms with E-state index in [9.17, 15) is 0 Å². The molecule has 1 heterocycles. The fraction of sp³-hybridized carbons (Fsp3) is 0.700. The SMILES string of the molecule is CCCc1c[nH]c(=S)n1C1CC1C. The van der Waals surface area contributed by atoms with Crippen molar-refractivity contribution in [1.82, 2.24) is 9.55 Å². The molecule has 1 aromatic heterocycles. The third-order valence-electron chi connectivity index (χ3n) is 2.80. The standard InChI is InChI=1S/C10H16N2S/c1-3-4-8-6-11-10(13)12(8)9-5-7(9)2/h6-7,9H,3-5H2,1-2H3,(H,11,13). The molecule has 0 aliphatic heterocycles. The maximum absolute atomic E-state index is 5.26. The van der Waals surface area contributed by atoms with Crippen LogP contribution in [0.4, 0.5) is 0 Å². The van der Waals surface area contributed by atoms with E-state index in [1.807, 2.05) is 0 Å². The summed E-state index contributed by atoms with van der Waals surface area (Å²) in [6.07, 6.45) is 5.68. The van der Waals surface area contributed by atoms with E-state index >= 15 is 0 Å². The van der Waals surface area contributed by atoms with Crippen LogP contribution in [-0.2, 0) is 6.42 Å². The summed E-state index contributed by atoms with van der Waals surface area (Å²) in [4.78, 5) is 3.14. The lowest BCUT2D eigenvalue weighted by Crippen LogP contribution is -2.01. The molecular weight excluding hydrogens is 180 g/mol. The minimum Gasteiger partial charge on any atom is -0.337 e. The average molecular weight is 196 g/mol. The Balaban J connectivity index is 2.30. The highest BCUT2D eigenvalue weighted by atomic mass is 32.1. The second-order valence-electron chi connectivity index (χ2n) is 3.99. The number of rotatable bonds is 3. The van der Waals surface area contributed by atoms with Crippen molar-refractivity contribution in [2.75, 3.05) is 0 Å². The first-order chi connectivity index (χ1) is 6.24. The molecule has 1 aliphatic carbocycles. The van der Waals surface area contributed by atoms with Crippen molar-refractivity contribution in [1.29, 1.82) is 0 Å². The lowest BCUT2D eigenvalue weighted by molar-refractivity contribution is 0.636. The molecule has 0 aromatic carbocycles. The van der Waals surface area contributed by atoms with Gasteiger partial charge in [0.05, 0.1) is 0 Å². The van der Waals surface area contributed by atoms with Crippen LogP contribution in [0.3, 0.4) is 0 Å². The summed E-state index contributed by atoms with van der Waals surface area (Å²) in [5, 5.41) is 0. The molecule has 3 heteroatoms. The summed E-state index contributed by atoms with van der Waals surface area (Å²) in [7, 11) is 0. The lowest BCUT2D eigenvalue weighted by Gasteiger charge is -2.05. The van der Waals surface area contributed by atoms with Crippen molar-refractivity contribution in [3.8, 4) is 0 Å². The number of aryl methyl sites for hydroxylation is 1. The zero-order valence-corrected chi connectivity index (χ0v) is 9.03. The first-order valence-electron chi connectivity index (χ1n) is 5.02. The molecule has 1 aliphatic rings. The molecule has 0 bridgehead atoms. The predicted molar refractivity (Wildman–Crippen MR) is 56.4 cm³/mol. The molecule has 2 rings (SSSR count). The molecule has 2 nitrogen and oxygen atoms in total. The number of imidazole rings is 1. The zero-order valence-electron chi connectivity index (χ0n) is 8.21. The van der Waals surface area contributed by atoms with Crippen molar-refractivity contribution in [2.45, 2.75) is 39.2 Å². The van der Waals surface area contributed by atoms with Gasteiger partial charge in [-0.1, -0.05) is 20.3 Å². The van der Waals surface area contributed by atoms with Crippen LogP contribution in [0.1, 0.15) is 38.4 Å². The summed E-state index contributed by atoms with van der Waals surface area (Å²) in [6, 6.07) is 0.681. The van der Waals surface area contributed by atoms with Gasteiger partial charge in [-0.05, 0) is 31.0 Å². The minimum atomic E-state index is 0.681. The predicted octanol–water partition coefficient (Wildman–Crippen LogP) is 3.08. The summed E-state index contributed by atoms with van der Waals surface area (Å²) >= 11 is 5.26. The molecule has 0 spiro atoms. The Bertz CT molecular complexity index is 350. The van der Waals surface area contributed by atoms with E-state index in [0.717, 1.165) is 17.1 Å². The molecule has 0 saturated heterocycles. The summed E-state index contributed by atoms with van der Waals surface area (Å²) < 4.78 is 3.21. The van der Waals surface area contributed by atoms with Gasteiger partial charge < -0.3 is 9.55 Å². The first kappa shape index (κ1) is 9.00. The Morgan fingerprint density at radius 2 is 2.38 bits per heavy atom. The van der Waals surface area contributed by atoms with Crippen molar-refractivity contribution in [3.05, 3.63) is 16.7 Å². The molecule has 1 N–H and O–H groups in total. The highest BCUT2D eigenvalue weighted by Crippen LogP contribution is 2.43. The number of aromatic nitrogens is 2. The Morgan fingerprint density at radius 3 is 2.92 bits per heavy atom. The fourth-order valence-corrected chi connectivity index (χ4v) is 2.20. The Hall–Kier alpha value is -0.570. The maximum atomic E-state index is 5.26. The average Bonchev–Trinajstić information content (AvgIpc) is 2.68. The number of H-pyrrole nitrogens is 1. The number of aromatic amines is 1. The third-order valence-corrected chi connectivity index (χ3v) is 3.11.